The molecule has 0 radical (unpaired) electrons. The molecule has 0 aromatic carbocycles. The summed E-state index contributed by atoms with van der Waals surface area (Å²) in [5.74, 6) is 0.0831. The Hall–Kier alpha value is -1.29. The van der Waals surface area contributed by atoms with Crippen LogP contribution >= 0.6 is 11.3 Å². The summed E-state index contributed by atoms with van der Waals surface area (Å²) in [5.41, 5.74) is 0.670. The Bertz CT molecular complexity index is 498. The molecule has 0 aliphatic carbocycles. The third-order valence-electron chi connectivity index (χ3n) is 2.01. The fraction of sp³-hybridized carbons (Fsp3) is 0.222. The smallest absolute Gasteiger partial charge is 0.254 e. The topological polar surface area (TPSA) is 42.2 Å². The van der Waals surface area contributed by atoms with E-state index in [4.69, 9.17) is 0 Å². The van der Waals surface area contributed by atoms with E-state index in [9.17, 15) is 9.90 Å². The van der Waals surface area contributed by atoms with Crippen molar-refractivity contribution in [3.05, 3.63) is 27.9 Å². The van der Waals surface area contributed by atoms with E-state index >= 15 is 0 Å². The Morgan fingerprint density at radius 3 is 3.08 bits per heavy atom. The lowest BCUT2D eigenvalue weighted by atomic mass is 10.3. The van der Waals surface area contributed by atoms with Gasteiger partial charge in [-0.25, -0.2) is 0 Å². The van der Waals surface area contributed by atoms with E-state index in [1.807, 2.05) is 18.4 Å². The van der Waals surface area contributed by atoms with Crippen LogP contribution in [0.4, 0.5) is 0 Å². The first-order chi connectivity index (χ1) is 6.24. The standard InChI is InChI=1S/C9H9NO2S/c1-2-10-6-3-4-13-9(6)7(11)5-8(10)12/h3-5,11H,2H2,1H3. The normalized spacial score (nSPS) is 10.8. The Kier molecular flexibility index (Phi) is 1.84. The molecule has 0 aliphatic rings. The molecule has 13 heavy (non-hydrogen) atoms. The molecule has 68 valence electrons. The van der Waals surface area contributed by atoms with Gasteiger partial charge in [-0.1, -0.05) is 0 Å². The fourth-order valence-electron chi connectivity index (χ4n) is 1.41. The van der Waals surface area contributed by atoms with Crippen LogP contribution in [0.15, 0.2) is 22.3 Å². The highest BCUT2D eigenvalue weighted by Gasteiger charge is 2.06. The molecule has 0 unspecified atom stereocenters. The molecule has 2 rings (SSSR count). The van der Waals surface area contributed by atoms with E-state index in [0.717, 1.165) is 10.2 Å². The van der Waals surface area contributed by atoms with Crippen LogP contribution in [0.25, 0.3) is 10.2 Å². The van der Waals surface area contributed by atoms with Crippen molar-refractivity contribution >= 4 is 21.6 Å². The summed E-state index contributed by atoms with van der Waals surface area (Å²) in [6, 6.07) is 3.12. The molecule has 0 amide bonds. The molecular formula is C9H9NO2S. The van der Waals surface area contributed by atoms with E-state index in [1.165, 1.54) is 17.4 Å². The first-order valence-corrected chi connectivity index (χ1v) is 4.92. The Labute approximate surface area is 78.9 Å². The summed E-state index contributed by atoms with van der Waals surface area (Å²) >= 11 is 1.44. The summed E-state index contributed by atoms with van der Waals surface area (Å²) in [6.45, 7) is 2.54. The number of aromatic nitrogens is 1. The van der Waals surface area contributed by atoms with E-state index in [2.05, 4.69) is 0 Å². The van der Waals surface area contributed by atoms with E-state index in [1.54, 1.807) is 4.57 Å². The molecule has 3 nitrogen and oxygen atoms in total. The summed E-state index contributed by atoms with van der Waals surface area (Å²) in [4.78, 5) is 11.4. The van der Waals surface area contributed by atoms with Gasteiger partial charge in [-0.3, -0.25) is 4.79 Å². The maximum atomic E-state index is 11.4. The van der Waals surface area contributed by atoms with Gasteiger partial charge in [0, 0.05) is 12.6 Å². The fourth-order valence-corrected chi connectivity index (χ4v) is 2.22. The predicted octanol–water partition coefficient (Wildman–Crippen LogP) is 1.79. The maximum Gasteiger partial charge on any atom is 0.254 e. The first-order valence-electron chi connectivity index (χ1n) is 4.04. The van der Waals surface area contributed by atoms with Gasteiger partial charge < -0.3 is 9.67 Å². The van der Waals surface area contributed by atoms with Gasteiger partial charge in [0.1, 0.15) is 5.75 Å². The van der Waals surface area contributed by atoms with Crippen LogP contribution in [0.5, 0.6) is 5.75 Å². The minimum Gasteiger partial charge on any atom is -0.506 e. The first kappa shape index (κ1) is 8.31. The van der Waals surface area contributed by atoms with E-state index in [-0.39, 0.29) is 11.3 Å². The average Bonchev–Trinajstić information content (AvgIpc) is 2.53. The number of fused-ring (bicyclic) bond motifs is 1. The SMILES string of the molecule is CCn1c(=O)cc(O)c2sccc21. The van der Waals surface area contributed by atoms with Crippen LogP contribution in [-0.4, -0.2) is 9.67 Å². The second-order valence-electron chi connectivity index (χ2n) is 2.75. The molecule has 0 saturated carbocycles. The molecule has 1 N–H and O–H groups in total. The number of aryl methyl sites for hydroxylation is 1. The monoisotopic (exact) mass is 195 g/mol. The third kappa shape index (κ3) is 1.14. The number of nitrogens with zero attached hydrogens (tertiary/aromatic N) is 1. The highest BCUT2D eigenvalue weighted by atomic mass is 32.1. The minimum atomic E-state index is -0.147. The lowest BCUT2D eigenvalue weighted by Crippen LogP contribution is -2.17. The van der Waals surface area contributed by atoms with Crippen LogP contribution in [0, 0.1) is 0 Å². The van der Waals surface area contributed by atoms with Gasteiger partial charge in [-0.05, 0) is 18.4 Å². The van der Waals surface area contributed by atoms with Gasteiger partial charge in [0.2, 0.25) is 0 Å². The van der Waals surface area contributed by atoms with Crippen LogP contribution in [-0.2, 0) is 6.54 Å². The van der Waals surface area contributed by atoms with Crippen molar-refractivity contribution in [2.24, 2.45) is 0 Å². The van der Waals surface area contributed by atoms with E-state index < -0.39 is 0 Å². The van der Waals surface area contributed by atoms with Crippen molar-refractivity contribution in [2.45, 2.75) is 13.5 Å². The van der Waals surface area contributed by atoms with Gasteiger partial charge in [-0.15, -0.1) is 11.3 Å². The number of pyridine rings is 1. The molecule has 2 heterocycles. The number of thiophene rings is 1. The van der Waals surface area contributed by atoms with Gasteiger partial charge in [0.15, 0.2) is 0 Å². The molecule has 0 fully saturated rings. The van der Waals surface area contributed by atoms with Gasteiger partial charge in [0.05, 0.1) is 10.2 Å². The quantitative estimate of drug-likeness (QED) is 0.753. The van der Waals surface area contributed by atoms with Crippen molar-refractivity contribution in [1.29, 1.82) is 0 Å². The Morgan fingerprint density at radius 1 is 1.62 bits per heavy atom. The largest absolute Gasteiger partial charge is 0.506 e. The maximum absolute atomic E-state index is 11.4. The molecule has 2 aromatic heterocycles. The molecule has 0 atom stereocenters. The molecular weight excluding hydrogens is 186 g/mol. The second kappa shape index (κ2) is 2.88. The minimum absolute atomic E-state index is 0.0831. The van der Waals surface area contributed by atoms with E-state index in [0.29, 0.717) is 6.54 Å². The van der Waals surface area contributed by atoms with Crippen molar-refractivity contribution in [3.8, 4) is 5.75 Å². The number of rotatable bonds is 1. The summed E-state index contributed by atoms with van der Waals surface area (Å²) < 4.78 is 2.42. The molecule has 0 saturated heterocycles. The predicted molar refractivity (Wildman–Crippen MR) is 53.4 cm³/mol. The third-order valence-corrected chi connectivity index (χ3v) is 2.94. The molecule has 4 heteroatoms. The Balaban J connectivity index is 2.97. The van der Waals surface area contributed by atoms with Crippen molar-refractivity contribution in [3.63, 3.8) is 0 Å². The highest BCUT2D eigenvalue weighted by Crippen LogP contribution is 2.27. The molecule has 0 bridgehead atoms. The number of hydrogen-bond donors (Lipinski definition) is 1. The lowest BCUT2D eigenvalue weighted by Gasteiger charge is -2.03. The zero-order chi connectivity index (χ0) is 9.42. The summed E-state index contributed by atoms with van der Waals surface area (Å²) in [7, 11) is 0. The van der Waals surface area contributed by atoms with Crippen LogP contribution in [0.3, 0.4) is 0 Å². The lowest BCUT2D eigenvalue weighted by molar-refractivity contribution is 0.480. The average molecular weight is 195 g/mol. The van der Waals surface area contributed by atoms with Crippen molar-refractivity contribution < 1.29 is 5.11 Å². The van der Waals surface area contributed by atoms with Gasteiger partial charge in [-0.2, -0.15) is 0 Å². The van der Waals surface area contributed by atoms with Crippen LogP contribution < -0.4 is 5.56 Å². The summed E-state index contributed by atoms with van der Waals surface area (Å²) in [5, 5.41) is 11.3. The molecule has 2 aromatic rings. The second-order valence-corrected chi connectivity index (χ2v) is 3.66. The van der Waals surface area contributed by atoms with Crippen LogP contribution in [0.1, 0.15) is 6.92 Å². The molecule has 0 spiro atoms. The van der Waals surface area contributed by atoms with Crippen molar-refractivity contribution in [1.82, 2.24) is 4.57 Å². The van der Waals surface area contributed by atoms with Crippen molar-refractivity contribution in [2.75, 3.05) is 0 Å². The van der Waals surface area contributed by atoms with Gasteiger partial charge >= 0.3 is 0 Å². The zero-order valence-electron chi connectivity index (χ0n) is 7.15. The van der Waals surface area contributed by atoms with Crippen LogP contribution in [0.2, 0.25) is 0 Å². The highest BCUT2D eigenvalue weighted by molar-refractivity contribution is 7.17. The van der Waals surface area contributed by atoms with Gasteiger partial charge in [0.25, 0.3) is 5.56 Å². The number of hydrogen-bond acceptors (Lipinski definition) is 3. The number of aromatic hydroxyl groups is 1. The zero-order valence-corrected chi connectivity index (χ0v) is 7.97. The Morgan fingerprint density at radius 2 is 2.38 bits per heavy atom. The molecule has 0 aliphatic heterocycles. The summed E-state index contributed by atoms with van der Waals surface area (Å²) in [6.07, 6.45) is 0.